The number of rotatable bonds is 4. The van der Waals surface area contributed by atoms with Crippen LogP contribution in [0.25, 0.3) is 0 Å². The van der Waals surface area contributed by atoms with E-state index < -0.39 is 5.97 Å². The molecule has 1 saturated heterocycles. The minimum Gasteiger partial charge on any atom is -0.543 e. The van der Waals surface area contributed by atoms with E-state index in [0.29, 0.717) is 6.42 Å². The molecule has 2 atom stereocenters. The van der Waals surface area contributed by atoms with Gasteiger partial charge < -0.3 is 14.8 Å². The summed E-state index contributed by atoms with van der Waals surface area (Å²) in [5.74, 6) is -0.457. The number of β-lactam (4-membered cyclic amide) rings is 1. The third-order valence-electron chi connectivity index (χ3n) is 3.20. The molecule has 2 rings (SSSR count). The van der Waals surface area contributed by atoms with E-state index in [1.54, 1.807) is 0 Å². The molecule has 4 nitrogen and oxygen atoms in total. The predicted molar refractivity (Wildman–Crippen MR) is 59.2 cm³/mol. The molecule has 2 aliphatic rings. The summed E-state index contributed by atoms with van der Waals surface area (Å²) >= 11 is 1.50. The number of carbonyl (C=O) groups is 2. The molecule has 1 fully saturated rings. The Morgan fingerprint density at radius 3 is 2.65 bits per heavy atom. The van der Waals surface area contributed by atoms with Crippen molar-refractivity contribution < 1.29 is 44.3 Å². The number of carbonyl (C=O) groups excluding carboxylic acids is 2. The zero-order chi connectivity index (χ0) is 11.9. The third kappa shape index (κ3) is 2.30. The van der Waals surface area contributed by atoms with Crippen molar-refractivity contribution in [2.45, 2.75) is 32.7 Å². The quantitative estimate of drug-likeness (QED) is 0.410. The Morgan fingerprint density at radius 1 is 1.53 bits per heavy atom. The summed E-state index contributed by atoms with van der Waals surface area (Å²) in [5, 5.41) is 11.0. The molecule has 2 aliphatic heterocycles. The Balaban J connectivity index is 0.00000144. The first-order chi connectivity index (χ1) is 7.61. The number of thioether (sulfide) groups is 1. The number of nitrogens with zero attached hydrogens (tertiary/aromatic N) is 1. The van der Waals surface area contributed by atoms with Gasteiger partial charge in [0.15, 0.2) is 0 Å². The van der Waals surface area contributed by atoms with E-state index in [2.05, 4.69) is 0 Å². The summed E-state index contributed by atoms with van der Waals surface area (Å²) in [6.07, 6.45) is 1.47. The molecule has 6 heteroatoms. The number of carboxylic acids is 1. The van der Waals surface area contributed by atoms with E-state index in [0.717, 1.165) is 17.1 Å². The second-order valence-electron chi connectivity index (χ2n) is 3.99. The maximum Gasteiger partial charge on any atom is 1.00 e. The van der Waals surface area contributed by atoms with Crippen LogP contribution in [0.2, 0.25) is 0 Å². The van der Waals surface area contributed by atoms with E-state index in [1.807, 2.05) is 13.8 Å². The van der Waals surface area contributed by atoms with Crippen LogP contribution in [0.15, 0.2) is 10.6 Å². The van der Waals surface area contributed by atoms with Crippen LogP contribution in [0.4, 0.5) is 0 Å². The third-order valence-corrected chi connectivity index (χ3v) is 4.20. The van der Waals surface area contributed by atoms with Crippen molar-refractivity contribution in [1.82, 2.24) is 4.90 Å². The summed E-state index contributed by atoms with van der Waals surface area (Å²) < 4.78 is 0. The fourth-order valence-corrected chi connectivity index (χ4v) is 3.45. The van der Waals surface area contributed by atoms with Crippen LogP contribution in [0.5, 0.6) is 0 Å². The second kappa shape index (κ2) is 5.78. The Kier molecular flexibility index (Phi) is 5.13. The van der Waals surface area contributed by atoms with Crippen molar-refractivity contribution in [1.29, 1.82) is 0 Å². The minimum atomic E-state index is -1.22. The number of hydrogen-bond donors (Lipinski definition) is 0. The molecule has 0 aromatic rings. The first-order valence-corrected chi connectivity index (χ1v) is 6.50. The van der Waals surface area contributed by atoms with Crippen LogP contribution < -0.4 is 34.7 Å². The minimum absolute atomic E-state index is 0. The van der Waals surface area contributed by atoms with Gasteiger partial charge in [0, 0.05) is 11.3 Å². The van der Waals surface area contributed by atoms with Gasteiger partial charge in [0.25, 0.3) is 0 Å². The molecule has 0 radical (unpaired) electrons. The molecule has 2 heterocycles. The molecule has 0 aromatic carbocycles. The van der Waals surface area contributed by atoms with E-state index >= 15 is 0 Å². The van der Waals surface area contributed by atoms with Crippen molar-refractivity contribution >= 4 is 23.6 Å². The Bertz CT molecular complexity index is 383. The second-order valence-corrected chi connectivity index (χ2v) is 5.35. The van der Waals surface area contributed by atoms with Gasteiger partial charge in [-0.25, -0.2) is 0 Å². The molecule has 1 unspecified atom stereocenters. The summed E-state index contributed by atoms with van der Waals surface area (Å²) in [7, 11) is 0. The van der Waals surface area contributed by atoms with Gasteiger partial charge in [0.2, 0.25) is 5.91 Å². The Labute approximate surface area is 127 Å². The van der Waals surface area contributed by atoms with Gasteiger partial charge in [-0.2, -0.15) is 0 Å². The number of fused-ring (bicyclic) bond motifs is 1. The van der Waals surface area contributed by atoms with Crippen molar-refractivity contribution in [2.75, 3.05) is 5.75 Å². The van der Waals surface area contributed by atoms with Crippen LogP contribution >= 0.6 is 11.8 Å². The maximum atomic E-state index is 11.7. The van der Waals surface area contributed by atoms with E-state index in [4.69, 9.17) is 0 Å². The molecule has 1 amide bonds. The molecular weight excluding hydrogens is 249 g/mol. The van der Waals surface area contributed by atoms with Gasteiger partial charge in [0.1, 0.15) is 0 Å². The first kappa shape index (κ1) is 15.1. The van der Waals surface area contributed by atoms with Gasteiger partial charge in [-0.05, 0) is 12.2 Å². The number of carboxylic acid groups (broad SMARTS) is 1. The SMILES string of the molecule is CCSC1=C(C(=O)[O-])N2C(=O)[C@@H](CC)C2C1.[Na+]. The molecule has 17 heavy (non-hydrogen) atoms. The molecule has 88 valence electrons. The molecule has 0 bridgehead atoms. The molecule has 0 aliphatic carbocycles. The number of hydrogen-bond acceptors (Lipinski definition) is 4. The van der Waals surface area contributed by atoms with Crippen molar-refractivity contribution in [3.63, 3.8) is 0 Å². The topological polar surface area (TPSA) is 60.4 Å². The summed E-state index contributed by atoms with van der Waals surface area (Å²) in [5.41, 5.74) is 0.117. The van der Waals surface area contributed by atoms with Crippen LogP contribution in [-0.4, -0.2) is 28.6 Å². The van der Waals surface area contributed by atoms with Gasteiger partial charge in [-0.1, -0.05) is 13.8 Å². The summed E-state index contributed by atoms with van der Waals surface area (Å²) in [6.45, 7) is 3.93. The molecular formula is C11H14NNaO3S. The summed E-state index contributed by atoms with van der Waals surface area (Å²) in [6, 6.07) is 0.0689. The molecule has 0 saturated carbocycles. The van der Waals surface area contributed by atoms with E-state index in [9.17, 15) is 14.7 Å². The molecule has 0 N–H and O–H groups in total. The Hall–Kier alpha value is 0.0300. The van der Waals surface area contributed by atoms with E-state index in [-0.39, 0.29) is 53.1 Å². The van der Waals surface area contributed by atoms with Crippen LogP contribution in [0.3, 0.4) is 0 Å². The normalized spacial score (nSPS) is 26.5. The number of amides is 1. The first-order valence-electron chi connectivity index (χ1n) is 5.52. The summed E-state index contributed by atoms with van der Waals surface area (Å²) in [4.78, 5) is 25.0. The zero-order valence-corrected chi connectivity index (χ0v) is 13.2. The van der Waals surface area contributed by atoms with Crippen molar-refractivity contribution in [2.24, 2.45) is 5.92 Å². The average Bonchev–Trinajstić information content (AvgIpc) is 2.55. The average molecular weight is 263 g/mol. The zero-order valence-electron chi connectivity index (χ0n) is 10.4. The van der Waals surface area contributed by atoms with Crippen molar-refractivity contribution in [3.8, 4) is 0 Å². The monoisotopic (exact) mass is 263 g/mol. The Morgan fingerprint density at radius 2 is 2.18 bits per heavy atom. The van der Waals surface area contributed by atoms with Crippen LogP contribution in [0.1, 0.15) is 26.7 Å². The predicted octanol–water partition coefficient (Wildman–Crippen LogP) is -2.65. The van der Waals surface area contributed by atoms with Gasteiger partial charge >= 0.3 is 29.6 Å². The van der Waals surface area contributed by atoms with Gasteiger partial charge in [-0.15, -0.1) is 11.8 Å². The number of aliphatic carboxylic acids is 1. The van der Waals surface area contributed by atoms with Crippen LogP contribution in [-0.2, 0) is 9.59 Å². The van der Waals surface area contributed by atoms with Gasteiger partial charge in [-0.3, -0.25) is 4.79 Å². The largest absolute Gasteiger partial charge is 1.00 e. The van der Waals surface area contributed by atoms with E-state index in [1.165, 1.54) is 16.7 Å². The van der Waals surface area contributed by atoms with Crippen LogP contribution in [0, 0.1) is 5.92 Å². The molecule has 0 spiro atoms. The van der Waals surface area contributed by atoms with Crippen molar-refractivity contribution in [3.05, 3.63) is 10.6 Å². The van der Waals surface area contributed by atoms with Gasteiger partial charge in [0.05, 0.1) is 23.6 Å². The maximum absolute atomic E-state index is 11.7. The smallest absolute Gasteiger partial charge is 0.543 e. The fourth-order valence-electron chi connectivity index (χ4n) is 2.50. The fraction of sp³-hybridized carbons (Fsp3) is 0.636. The standard InChI is InChI=1S/C11H15NO3S.Na/c1-3-6-7-5-8(16-4-2)9(11(14)15)12(7)10(6)13;/h6-7H,3-5H2,1-2H3,(H,14,15);/q;+1/p-1/t6-,7?;/m0./s1. The molecule has 0 aromatic heterocycles.